The van der Waals surface area contributed by atoms with E-state index in [1.807, 2.05) is 13.0 Å². The summed E-state index contributed by atoms with van der Waals surface area (Å²) in [5.41, 5.74) is -0.255. The lowest BCUT2D eigenvalue weighted by molar-refractivity contribution is -0.312. The lowest BCUT2D eigenvalue weighted by Gasteiger charge is -2.75. The second-order valence-electron chi connectivity index (χ2n) is 29.5. The van der Waals surface area contributed by atoms with E-state index in [4.69, 9.17) is 33.2 Å². The van der Waals surface area contributed by atoms with E-state index in [0.717, 1.165) is 89.6 Å². The first-order valence-corrected chi connectivity index (χ1v) is 36.1. The van der Waals surface area contributed by atoms with Crippen molar-refractivity contribution in [2.24, 2.45) is 28.6 Å². The molecule has 5 aliphatic carbocycles. The molecule has 88 heavy (non-hydrogen) atoms. The molecule has 5 fully saturated rings. The molecule has 8 atom stereocenters. The van der Waals surface area contributed by atoms with Crippen LogP contribution >= 0.6 is 0 Å². The Kier molecular flexibility index (Phi) is 28.3. The molecule has 2 spiro atoms. The number of esters is 5. The van der Waals surface area contributed by atoms with Crippen molar-refractivity contribution in [3.05, 3.63) is 23.3 Å². The number of nitrogens with zero attached hydrogens (tertiary/aromatic N) is 1. The molecule has 2 unspecified atom stereocenters. The van der Waals surface area contributed by atoms with Crippen LogP contribution < -0.4 is 9.47 Å². The van der Waals surface area contributed by atoms with Gasteiger partial charge in [-0.05, 0) is 107 Å². The third-order valence-electron chi connectivity index (χ3n) is 22.0. The Hall–Kier alpha value is -3.75. The summed E-state index contributed by atoms with van der Waals surface area (Å²) in [6.07, 6.45) is 37.7. The second-order valence-corrected chi connectivity index (χ2v) is 29.5. The number of piperidine rings is 1. The van der Waals surface area contributed by atoms with E-state index in [1.165, 1.54) is 152 Å². The highest BCUT2D eigenvalue weighted by Crippen LogP contribution is 2.78. The molecule has 1 N–H and O–H groups in total. The second kappa shape index (κ2) is 34.8. The summed E-state index contributed by atoms with van der Waals surface area (Å²) in [5.74, 6) is -1.13. The number of carbonyl (C=O) groups is 5. The minimum absolute atomic E-state index is 0.00598. The number of hydrogen-bond acceptors (Lipinski definition) is 14. The average molecular weight is 1230 g/mol. The molecule has 4 bridgehead atoms. The van der Waals surface area contributed by atoms with Crippen molar-refractivity contribution in [3.8, 4) is 11.5 Å². The van der Waals surface area contributed by atoms with Crippen molar-refractivity contribution < 1.29 is 62.2 Å². The molecule has 8 rings (SSSR count). The predicted octanol–water partition coefficient (Wildman–Crippen LogP) is 16.3. The van der Waals surface area contributed by atoms with Gasteiger partial charge in [-0.15, -0.1) is 0 Å². The minimum Gasteiger partial charge on any atom is -0.482 e. The SMILES string of the molecule is CCCCCCCCCCCCCCCC(=O)OCC(COC(=O)CCCCCCCCCCCCCCC)OC(=O)CC(C)CC(=O)OCCCC(=O)Oc1ccc2c3c1O[C@H]1[C@]4(OC)CC[C@@]5(C[C@@H]4[C@](C)(O)C(C)(C)C)C(C2)N(CC2CC2)CC[C@]315. The van der Waals surface area contributed by atoms with Gasteiger partial charge >= 0.3 is 29.8 Å². The summed E-state index contributed by atoms with van der Waals surface area (Å²) < 4.78 is 42.8. The van der Waals surface area contributed by atoms with Crippen molar-refractivity contribution in [2.45, 2.75) is 334 Å². The Labute approximate surface area is 531 Å². The summed E-state index contributed by atoms with van der Waals surface area (Å²) in [4.78, 5) is 68.6. The van der Waals surface area contributed by atoms with E-state index in [2.05, 4.69) is 45.6 Å². The van der Waals surface area contributed by atoms with Crippen LogP contribution in [0.15, 0.2) is 12.1 Å². The number of carbonyl (C=O) groups excluding carboxylic acids is 5. The molecule has 1 aromatic carbocycles. The van der Waals surface area contributed by atoms with E-state index in [0.29, 0.717) is 17.5 Å². The number of likely N-dealkylation sites (tertiary alicyclic amines) is 1. The summed E-state index contributed by atoms with van der Waals surface area (Å²) in [6, 6.07) is 4.35. The molecule has 7 aliphatic rings. The Balaban J connectivity index is 0.842. The lowest BCUT2D eigenvalue weighted by Crippen LogP contribution is -2.83. The van der Waals surface area contributed by atoms with Crippen LogP contribution in [0.5, 0.6) is 11.5 Å². The molecule has 14 nitrogen and oxygen atoms in total. The van der Waals surface area contributed by atoms with E-state index < -0.39 is 46.5 Å². The van der Waals surface area contributed by atoms with Crippen molar-refractivity contribution in [2.75, 3.05) is 40.0 Å². The van der Waals surface area contributed by atoms with Crippen LogP contribution in [0.3, 0.4) is 0 Å². The average Bonchev–Trinajstić information content (AvgIpc) is 0.910. The molecule has 0 radical (unpaired) electrons. The normalized spacial score (nSPS) is 24.3. The summed E-state index contributed by atoms with van der Waals surface area (Å²) >= 11 is 0. The molecular formula is C74H121NO13. The van der Waals surface area contributed by atoms with Gasteiger partial charge in [-0.2, -0.15) is 0 Å². The zero-order valence-electron chi connectivity index (χ0n) is 56.5. The highest BCUT2D eigenvalue weighted by Gasteiger charge is 2.82. The highest BCUT2D eigenvalue weighted by molar-refractivity contribution is 5.76. The molecule has 1 saturated heterocycles. The smallest absolute Gasteiger partial charge is 0.311 e. The molecular weight excluding hydrogens is 1110 g/mol. The topological polar surface area (TPSA) is 173 Å². The van der Waals surface area contributed by atoms with Crippen LogP contribution in [0.4, 0.5) is 0 Å². The molecule has 14 heteroatoms. The fourth-order valence-electron chi connectivity index (χ4n) is 16.4. The first kappa shape index (κ1) is 71.7. The van der Waals surface area contributed by atoms with Crippen molar-refractivity contribution in [1.82, 2.24) is 4.90 Å². The monoisotopic (exact) mass is 1230 g/mol. The fourth-order valence-corrected chi connectivity index (χ4v) is 16.4. The summed E-state index contributed by atoms with van der Waals surface area (Å²) in [7, 11) is 1.79. The van der Waals surface area contributed by atoms with E-state index in [9.17, 15) is 29.1 Å². The molecule has 2 heterocycles. The minimum atomic E-state index is -1.05. The Morgan fingerprint density at radius 3 is 1.66 bits per heavy atom. The number of unbranched alkanes of at least 4 members (excludes halogenated alkanes) is 24. The summed E-state index contributed by atoms with van der Waals surface area (Å²) in [5, 5.41) is 12.6. The molecule has 0 aromatic heterocycles. The Bertz CT molecular complexity index is 2300. The number of ether oxygens (including phenoxy) is 7. The van der Waals surface area contributed by atoms with Crippen LogP contribution in [0.2, 0.25) is 0 Å². The van der Waals surface area contributed by atoms with Crippen LogP contribution in [0, 0.1) is 28.6 Å². The third kappa shape index (κ3) is 18.7. The van der Waals surface area contributed by atoms with Crippen molar-refractivity contribution in [3.63, 3.8) is 0 Å². The summed E-state index contributed by atoms with van der Waals surface area (Å²) in [6.45, 7) is 16.3. The number of benzene rings is 1. The Morgan fingerprint density at radius 1 is 0.636 bits per heavy atom. The van der Waals surface area contributed by atoms with E-state index in [-0.39, 0.29) is 93.1 Å². The van der Waals surface area contributed by atoms with E-state index in [1.54, 1.807) is 14.0 Å². The highest BCUT2D eigenvalue weighted by atomic mass is 16.6. The van der Waals surface area contributed by atoms with Gasteiger partial charge in [0.15, 0.2) is 17.6 Å². The van der Waals surface area contributed by atoms with Gasteiger partial charge in [0.2, 0.25) is 0 Å². The molecule has 4 saturated carbocycles. The third-order valence-corrected chi connectivity index (χ3v) is 22.0. The van der Waals surface area contributed by atoms with Crippen LogP contribution in [0.25, 0.3) is 0 Å². The van der Waals surface area contributed by atoms with Gasteiger partial charge in [-0.3, -0.25) is 28.9 Å². The van der Waals surface area contributed by atoms with Crippen LogP contribution in [0.1, 0.15) is 304 Å². The molecule has 1 aromatic rings. The van der Waals surface area contributed by atoms with Crippen LogP contribution in [-0.4, -0.2) is 109 Å². The van der Waals surface area contributed by atoms with E-state index >= 15 is 0 Å². The van der Waals surface area contributed by atoms with Gasteiger partial charge < -0.3 is 38.3 Å². The van der Waals surface area contributed by atoms with Gasteiger partial charge in [-0.1, -0.05) is 202 Å². The van der Waals surface area contributed by atoms with Gasteiger partial charge in [0, 0.05) is 74.1 Å². The molecule has 500 valence electrons. The molecule has 2 aliphatic heterocycles. The van der Waals surface area contributed by atoms with Gasteiger partial charge in [0.1, 0.15) is 24.9 Å². The van der Waals surface area contributed by atoms with Gasteiger partial charge in [0.25, 0.3) is 0 Å². The Morgan fingerprint density at radius 2 is 1.15 bits per heavy atom. The maximum absolute atomic E-state index is 13.7. The number of aliphatic hydroxyl groups is 1. The maximum Gasteiger partial charge on any atom is 0.311 e. The maximum atomic E-state index is 13.7. The number of rotatable bonds is 46. The van der Waals surface area contributed by atoms with Crippen molar-refractivity contribution >= 4 is 29.8 Å². The first-order valence-electron chi connectivity index (χ1n) is 36.1. The van der Waals surface area contributed by atoms with Gasteiger partial charge in [0.05, 0.1) is 12.2 Å². The zero-order valence-corrected chi connectivity index (χ0v) is 56.5. The number of fused-ring (bicyclic) bond motifs is 2. The number of hydrogen-bond donors (Lipinski definition) is 1. The van der Waals surface area contributed by atoms with Crippen molar-refractivity contribution in [1.29, 1.82) is 0 Å². The van der Waals surface area contributed by atoms with Crippen LogP contribution in [-0.2, 0) is 59.5 Å². The first-order chi connectivity index (χ1) is 42.3. The standard InChI is InChI=1S/C74H121NO13/c1-9-11-13-15-17-19-21-23-25-27-29-31-33-36-62(76)84-53-58(54-85-63(77)37-34-32-30-28-26-24-22-20-18-16-14-12-10-2)86-66(80)49-55(3)48-65(79)83-47-35-38-64(78)87-59-42-41-57-50-61-72-43-44-74(82-8,60(51-72)71(7,81)70(4,5)6)69-73(72,67(57)68(59)88-69)45-46-75(61)52-56-39-40-56/h41-42,55-56,58,60-61,69,81H,9-40,43-54H2,1-8H3/t55?,60-,61?,69-,71+,72-,73+,74+/m1/s1. The fraction of sp³-hybridized carbons (Fsp3) is 0.851. The largest absolute Gasteiger partial charge is 0.482 e. The number of methoxy groups -OCH3 is 1. The van der Waals surface area contributed by atoms with Gasteiger partial charge in [-0.25, -0.2) is 0 Å². The predicted molar refractivity (Wildman–Crippen MR) is 345 cm³/mol. The lowest BCUT2D eigenvalue weighted by atomic mass is 9.33. The zero-order chi connectivity index (χ0) is 63.2. The molecule has 0 amide bonds. The quantitative estimate of drug-likeness (QED) is 0.0283.